The van der Waals surface area contributed by atoms with Crippen LogP contribution in [-0.4, -0.2) is 55.3 Å². The molecule has 1 rings (SSSR count). The van der Waals surface area contributed by atoms with E-state index < -0.39 is 5.60 Å². The van der Waals surface area contributed by atoms with Gasteiger partial charge in [0.25, 0.3) is 0 Å². The van der Waals surface area contributed by atoms with Crippen LogP contribution in [0.15, 0.2) is 0 Å². The Labute approximate surface area is 152 Å². The standard InChI is InChI=1S/C19H36N2O4/c1-18(2,3)25-17(23)20-15-13-21(14-19(15,4)5)12-10-8-7-9-11-16(22)24-6/h15H,7-14H2,1-6H3,(H,20,23)/t15-/m0/s1. The van der Waals surface area contributed by atoms with Crippen molar-refractivity contribution < 1.29 is 19.1 Å². The molecule has 1 fully saturated rings. The molecule has 0 radical (unpaired) electrons. The van der Waals surface area contributed by atoms with Gasteiger partial charge in [0.2, 0.25) is 0 Å². The maximum absolute atomic E-state index is 12.0. The summed E-state index contributed by atoms with van der Waals surface area (Å²) in [5.74, 6) is -0.127. The van der Waals surface area contributed by atoms with Crippen LogP contribution in [0.5, 0.6) is 0 Å². The van der Waals surface area contributed by atoms with Crippen molar-refractivity contribution >= 4 is 12.1 Å². The number of hydrogen-bond acceptors (Lipinski definition) is 5. The number of nitrogens with one attached hydrogen (secondary N) is 1. The number of rotatable bonds is 8. The molecule has 0 aliphatic carbocycles. The van der Waals surface area contributed by atoms with Crippen molar-refractivity contribution in [3.8, 4) is 0 Å². The van der Waals surface area contributed by atoms with Crippen molar-refractivity contribution in [2.24, 2.45) is 5.41 Å². The third-order valence-corrected chi connectivity index (χ3v) is 4.54. The molecule has 0 aromatic rings. The second-order valence-corrected chi connectivity index (χ2v) is 8.66. The van der Waals surface area contributed by atoms with E-state index >= 15 is 0 Å². The van der Waals surface area contributed by atoms with E-state index in [1.54, 1.807) is 0 Å². The molecule has 25 heavy (non-hydrogen) atoms. The second kappa shape index (κ2) is 9.41. The van der Waals surface area contributed by atoms with Gasteiger partial charge >= 0.3 is 12.1 Å². The zero-order valence-corrected chi connectivity index (χ0v) is 16.8. The van der Waals surface area contributed by atoms with Crippen LogP contribution in [0, 0.1) is 5.41 Å². The third kappa shape index (κ3) is 8.56. The molecule has 1 heterocycles. The van der Waals surface area contributed by atoms with Gasteiger partial charge in [-0.1, -0.05) is 26.7 Å². The highest BCUT2D eigenvalue weighted by Gasteiger charge is 2.40. The van der Waals surface area contributed by atoms with Gasteiger partial charge < -0.3 is 19.7 Å². The molecule has 146 valence electrons. The summed E-state index contributed by atoms with van der Waals surface area (Å²) in [6.45, 7) is 12.8. The van der Waals surface area contributed by atoms with Gasteiger partial charge in [0, 0.05) is 19.5 Å². The number of amides is 1. The molecule has 0 aromatic heterocycles. The lowest BCUT2D eigenvalue weighted by Gasteiger charge is -2.28. The first-order chi connectivity index (χ1) is 11.5. The fraction of sp³-hybridized carbons (Fsp3) is 0.895. The number of ether oxygens (including phenoxy) is 2. The highest BCUT2D eigenvalue weighted by molar-refractivity contribution is 5.69. The van der Waals surface area contributed by atoms with Crippen LogP contribution < -0.4 is 5.32 Å². The predicted octanol–water partition coefficient (Wildman–Crippen LogP) is 3.35. The van der Waals surface area contributed by atoms with E-state index in [1.165, 1.54) is 7.11 Å². The molecule has 1 aliphatic heterocycles. The van der Waals surface area contributed by atoms with Crippen LogP contribution >= 0.6 is 0 Å². The number of unbranched alkanes of at least 4 members (excludes halogenated alkanes) is 3. The zero-order chi connectivity index (χ0) is 19.1. The summed E-state index contributed by atoms with van der Waals surface area (Å²) in [7, 11) is 1.43. The number of nitrogens with zero attached hydrogens (tertiary/aromatic N) is 1. The van der Waals surface area contributed by atoms with Crippen LogP contribution in [0.3, 0.4) is 0 Å². The number of carbonyl (C=O) groups excluding carboxylic acids is 2. The molecule has 0 spiro atoms. The van der Waals surface area contributed by atoms with Gasteiger partial charge in [-0.15, -0.1) is 0 Å². The van der Waals surface area contributed by atoms with Crippen molar-refractivity contribution in [2.45, 2.75) is 78.4 Å². The Bertz CT molecular complexity index is 443. The van der Waals surface area contributed by atoms with Crippen LogP contribution in [0.25, 0.3) is 0 Å². The van der Waals surface area contributed by atoms with Gasteiger partial charge in [-0.2, -0.15) is 0 Å². The minimum atomic E-state index is -0.475. The summed E-state index contributed by atoms with van der Waals surface area (Å²) in [5, 5.41) is 3.03. The molecule has 1 saturated heterocycles. The minimum Gasteiger partial charge on any atom is -0.469 e. The van der Waals surface area contributed by atoms with Gasteiger partial charge in [-0.3, -0.25) is 4.79 Å². The van der Waals surface area contributed by atoms with Crippen LogP contribution in [-0.2, 0) is 14.3 Å². The first-order valence-corrected chi connectivity index (χ1v) is 9.32. The van der Waals surface area contributed by atoms with Crippen molar-refractivity contribution in [1.29, 1.82) is 0 Å². The van der Waals surface area contributed by atoms with E-state index in [2.05, 4.69) is 28.8 Å². The molecular weight excluding hydrogens is 320 g/mol. The Hall–Kier alpha value is -1.30. The monoisotopic (exact) mass is 356 g/mol. The highest BCUT2D eigenvalue weighted by atomic mass is 16.6. The maximum atomic E-state index is 12.0. The SMILES string of the molecule is COC(=O)CCCCCCN1C[C@H](NC(=O)OC(C)(C)C)C(C)(C)C1. The summed E-state index contributed by atoms with van der Waals surface area (Å²) < 4.78 is 10.0. The second-order valence-electron chi connectivity index (χ2n) is 8.66. The molecule has 1 aliphatic rings. The Kier molecular flexibility index (Phi) is 8.19. The number of likely N-dealkylation sites (tertiary alicyclic amines) is 1. The Morgan fingerprint density at radius 3 is 2.40 bits per heavy atom. The highest BCUT2D eigenvalue weighted by Crippen LogP contribution is 2.30. The topological polar surface area (TPSA) is 67.9 Å². The third-order valence-electron chi connectivity index (χ3n) is 4.54. The smallest absolute Gasteiger partial charge is 0.407 e. The summed E-state index contributed by atoms with van der Waals surface area (Å²) >= 11 is 0. The number of esters is 1. The lowest BCUT2D eigenvalue weighted by molar-refractivity contribution is -0.140. The molecule has 1 atom stereocenters. The minimum absolute atomic E-state index is 0.0296. The molecule has 0 unspecified atom stereocenters. The Morgan fingerprint density at radius 2 is 1.80 bits per heavy atom. The van der Waals surface area contributed by atoms with E-state index in [1.807, 2.05) is 20.8 Å². The van der Waals surface area contributed by atoms with Crippen LogP contribution in [0.1, 0.15) is 66.7 Å². The van der Waals surface area contributed by atoms with Crippen LogP contribution in [0.2, 0.25) is 0 Å². The molecule has 1 amide bonds. The number of carbonyl (C=O) groups is 2. The molecule has 6 nitrogen and oxygen atoms in total. The summed E-state index contributed by atoms with van der Waals surface area (Å²) in [5.41, 5.74) is -0.446. The van der Waals surface area contributed by atoms with E-state index in [0.29, 0.717) is 6.42 Å². The maximum Gasteiger partial charge on any atom is 0.407 e. The van der Waals surface area contributed by atoms with Crippen LogP contribution in [0.4, 0.5) is 4.79 Å². The molecular formula is C19H36N2O4. The molecule has 0 bridgehead atoms. The fourth-order valence-electron chi connectivity index (χ4n) is 3.18. The lowest BCUT2D eigenvalue weighted by atomic mass is 9.88. The quantitative estimate of drug-likeness (QED) is 0.534. The molecule has 1 N–H and O–H groups in total. The fourth-order valence-corrected chi connectivity index (χ4v) is 3.18. The molecule has 6 heteroatoms. The first kappa shape index (κ1) is 21.7. The predicted molar refractivity (Wildman–Crippen MR) is 98.5 cm³/mol. The summed E-state index contributed by atoms with van der Waals surface area (Å²) in [6.07, 6.45) is 4.33. The Balaban J connectivity index is 2.28. The van der Waals surface area contributed by atoms with Gasteiger partial charge in [0.1, 0.15) is 5.60 Å². The first-order valence-electron chi connectivity index (χ1n) is 9.32. The summed E-state index contributed by atoms with van der Waals surface area (Å²) in [4.78, 5) is 25.5. The molecule has 0 aromatic carbocycles. The van der Waals surface area contributed by atoms with Crippen molar-refractivity contribution in [3.63, 3.8) is 0 Å². The summed E-state index contributed by atoms with van der Waals surface area (Å²) in [6, 6.07) is 0.0988. The normalized spacial score (nSPS) is 20.3. The van der Waals surface area contributed by atoms with Gasteiger partial charge in [-0.05, 0) is 45.6 Å². The van der Waals surface area contributed by atoms with Gasteiger partial charge in [-0.25, -0.2) is 4.79 Å². The molecule has 0 saturated carbocycles. The number of hydrogen-bond donors (Lipinski definition) is 1. The van der Waals surface area contributed by atoms with Gasteiger partial charge in [0.05, 0.1) is 13.2 Å². The van der Waals surface area contributed by atoms with E-state index in [0.717, 1.165) is 45.3 Å². The van der Waals surface area contributed by atoms with E-state index in [4.69, 9.17) is 4.74 Å². The van der Waals surface area contributed by atoms with Crippen molar-refractivity contribution in [1.82, 2.24) is 10.2 Å². The Morgan fingerprint density at radius 1 is 1.16 bits per heavy atom. The largest absolute Gasteiger partial charge is 0.469 e. The van der Waals surface area contributed by atoms with Crippen molar-refractivity contribution in [2.75, 3.05) is 26.7 Å². The van der Waals surface area contributed by atoms with E-state index in [9.17, 15) is 9.59 Å². The number of alkyl carbamates (subject to hydrolysis) is 1. The van der Waals surface area contributed by atoms with E-state index in [-0.39, 0.29) is 23.5 Å². The average molecular weight is 357 g/mol. The average Bonchev–Trinajstić information content (AvgIpc) is 2.74. The number of methoxy groups -OCH3 is 1. The van der Waals surface area contributed by atoms with Crippen molar-refractivity contribution in [3.05, 3.63) is 0 Å². The zero-order valence-electron chi connectivity index (χ0n) is 16.8. The van der Waals surface area contributed by atoms with Gasteiger partial charge in [0.15, 0.2) is 0 Å². The lowest BCUT2D eigenvalue weighted by Crippen LogP contribution is -2.46.